The molecule has 5 nitrogen and oxygen atoms in total. The van der Waals surface area contributed by atoms with Gasteiger partial charge in [0.05, 0.1) is 17.7 Å². The molecule has 0 saturated carbocycles. The summed E-state index contributed by atoms with van der Waals surface area (Å²) in [6.45, 7) is 0.320. The smallest absolute Gasteiger partial charge is 0.336 e. The van der Waals surface area contributed by atoms with Crippen molar-refractivity contribution in [3.05, 3.63) is 94.5 Å². The summed E-state index contributed by atoms with van der Waals surface area (Å²) in [6.07, 6.45) is -4.24. The maximum atomic E-state index is 13.5. The number of thiocarbonyl (C=S) groups is 1. The lowest BCUT2D eigenvalue weighted by Crippen LogP contribution is -2.39. The number of nitrogens with zero attached hydrogens (tertiary/aromatic N) is 2. The number of hydrogen-bond acceptors (Lipinski definition) is 3. The summed E-state index contributed by atoms with van der Waals surface area (Å²) in [5, 5.41) is 2.83. The van der Waals surface area contributed by atoms with Gasteiger partial charge in [-0.1, -0.05) is 52.3 Å². The summed E-state index contributed by atoms with van der Waals surface area (Å²) in [5.41, 5.74) is 0.688. The van der Waals surface area contributed by atoms with Crippen LogP contribution in [0.4, 0.5) is 24.5 Å². The third-order valence-corrected chi connectivity index (χ3v) is 6.69. The molecule has 1 heterocycles. The predicted octanol–water partition coefficient (Wildman–Crippen LogP) is 6.04. The molecule has 10 heteroatoms. The van der Waals surface area contributed by atoms with Crippen LogP contribution in [0.3, 0.4) is 0 Å². The van der Waals surface area contributed by atoms with E-state index in [2.05, 4.69) is 21.2 Å². The van der Waals surface area contributed by atoms with Gasteiger partial charge in [0.25, 0.3) is 5.91 Å². The Kier molecular flexibility index (Phi) is 7.75. The van der Waals surface area contributed by atoms with E-state index in [1.807, 2.05) is 30.3 Å². The van der Waals surface area contributed by atoms with Gasteiger partial charge in [-0.2, -0.15) is 13.2 Å². The molecule has 0 radical (unpaired) electrons. The van der Waals surface area contributed by atoms with Crippen LogP contribution in [0.1, 0.15) is 17.5 Å². The fourth-order valence-electron chi connectivity index (χ4n) is 3.96. The van der Waals surface area contributed by atoms with Gasteiger partial charge in [0.1, 0.15) is 6.04 Å². The molecule has 1 N–H and O–H groups in total. The summed E-state index contributed by atoms with van der Waals surface area (Å²) in [7, 11) is 0. The van der Waals surface area contributed by atoms with Gasteiger partial charge >= 0.3 is 6.18 Å². The van der Waals surface area contributed by atoms with Crippen LogP contribution in [0.25, 0.3) is 0 Å². The van der Waals surface area contributed by atoms with Crippen LogP contribution in [0, 0.1) is 0 Å². The molecule has 1 saturated heterocycles. The monoisotopic (exact) mass is 575 g/mol. The highest BCUT2D eigenvalue weighted by atomic mass is 79.9. The largest absolute Gasteiger partial charge is 0.416 e. The SMILES string of the molecule is O=C(C[C@@H]1C(=O)N(c2cccc(C(F)(F)F)c2)C(=S)N1CCc1ccccc1)Nc1ccc(Br)cc1. The second kappa shape index (κ2) is 10.8. The third-order valence-electron chi connectivity index (χ3n) is 5.74. The second-order valence-electron chi connectivity index (χ2n) is 8.21. The molecule has 3 aromatic rings. The van der Waals surface area contributed by atoms with Gasteiger partial charge in [-0.3, -0.25) is 14.5 Å². The summed E-state index contributed by atoms with van der Waals surface area (Å²) in [4.78, 5) is 29.0. The number of nitrogens with one attached hydrogen (secondary N) is 1. The minimum absolute atomic E-state index is 0.0142. The summed E-state index contributed by atoms with van der Waals surface area (Å²) >= 11 is 8.89. The number of alkyl halides is 3. The van der Waals surface area contributed by atoms with Gasteiger partial charge in [0, 0.05) is 16.7 Å². The quantitative estimate of drug-likeness (QED) is 0.349. The Bertz CT molecular complexity index is 1270. The normalized spacial score (nSPS) is 15.9. The topological polar surface area (TPSA) is 52.7 Å². The van der Waals surface area contributed by atoms with E-state index in [9.17, 15) is 22.8 Å². The van der Waals surface area contributed by atoms with Crippen molar-refractivity contribution in [3.63, 3.8) is 0 Å². The van der Waals surface area contributed by atoms with Crippen molar-refractivity contribution in [2.24, 2.45) is 0 Å². The highest BCUT2D eigenvalue weighted by molar-refractivity contribution is 9.10. The van der Waals surface area contributed by atoms with Crippen LogP contribution in [-0.2, 0) is 22.2 Å². The maximum absolute atomic E-state index is 13.5. The first-order valence-electron chi connectivity index (χ1n) is 11.0. The lowest BCUT2D eigenvalue weighted by Gasteiger charge is -2.24. The number of halogens is 4. The Morgan fingerprint density at radius 1 is 1.00 bits per heavy atom. The first-order valence-corrected chi connectivity index (χ1v) is 12.2. The fourth-order valence-corrected chi connectivity index (χ4v) is 4.64. The van der Waals surface area contributed by atoms with Gasteiger partial charge < -0.3 is 10.2 Å². The number of carbonyl (C=O) groups excluding carboxylic acids is 2. The van der Waals surface area contributed by atoms with Crippen LogP contribution in [0.15, 0.2) is 83.3 Å². The van der Waals surface area contributed by atoms with Crippen molar-refractivity contribution in [3.8, 4) is 0 Å². The van der Waals surface area contributed by atoms with E-state index in [1.165, 1.54) is 12.1 Å². The Labute approximate surface area is 220 Å². The summed E-state index contributed by atoms with van der Waals surface area (Å²) in [5.74, 6) is -0.951. The van der Waals surface area contributed by atoms with E-state index in [-0.39, 0.29) is 17.2 Å². The van der Waals surface area contributed by atoms with Crippen molar-refractivity contribution in [2.45, 2.75) is 25.1 Å². The van der Waals surface area contributed by atoms with Gasteiger partial charge in [-0.15, -0.1) is 0 Å². The first kappa shape index (κ1) is 25.8. The molecule has 1 aliphatic heterocycles. The molecule has 1 aliphatic rings. The zero-order valence-corrected chi connectivity index (χ0v) is 21.2. The number of benzene rings is 3. The van der Waals surface area contributed by atoms with E-state index in [1.54, 1.807) is 29.2 Å². The van der Waals surface area contributed by atoms with Gasteiger partial charge in [0.2, 0.25) is 5.91 Å². The Balaban J connectivity index is 1.59. The lowest BCUT2D eigenvalue weighted by molar-refractivity contribution is -0.137. The van der Waals surface area contributed by atoms with Gasteiger partial charge in [-0.25, -0.2) is 0 Å². The molecule has 1 atom stereocenters. The summed E-state index contributed by atoms with van der Waals surface area (Å²) in [6, 6.07) is 20.0. The molecule has 186 valence electrons. The number of carbonyl (C=O) groups is 2. The van der Waals surface area contributed by atoms with Crippen LogP contribution in [-0.4, -0.2) is 34.4 Å². The fraction of sp³-hybridized carbons (Fsp3) is 0.192. The Morgan fingerprint density at radius 3 is 2.36 bits per heavy atom. The minimum atomic E-state index is -4.57. The number of rotatable bonds is 7. The van der Waals surface area contributed by atoms with E-state index < -0.39 is 29.6 Å². The molecular formula is C26H21BrF3N3O2S. The summed E-state index contributed by atoms with van der Waals surface area (Å²) < 4.78 is 40.8. The van der Waals surface area contributed by atoms with Crippen LogP contribution in [0.2, 0.25) is 0 Å². The van der Waals surface area contributed by atoms with Crippen molar-refractivity contribution in [1.29, 1.82) is 0 Å². The first-order chi connectivity index (χ1) is 17.1. The number of hydrogen-bond donors (Lipinski definition) is 1. The van der Waals surface area contributed by atoms with Gasteiger partial charge in [0.15, 0.2) is 5.11 Å². The minimum Gasteiger partial charge on any atom is -0.336 e. The molecule has 2 amide bonds. The second-order valence-corrected chi connectivity index (χ2v) is 9.49. The van der Waals surface area contributed by atoms with E-state index in [4.69, 9.17) is 12.2 Å². The molecule has 0 bridgehead atoms. The molecule has 36 heavy (non-hydrogen) atoms. The van der Waals surface area contributed by atoms with Crippen molar-refractivity contribution in [2.75, 3.05) is 16.8 Å². The van der Waals surface area contributed by atoms with E-state index in [0.29, 0.717) is 18.7 Å². The molecule has 0 aromatic heterocycles. The molecule has 0 unspecified atom stereocenters. The Hall–Kier alpha value is -3.24. The lowest BCUT2D eigenvalue weighted by atomic mass is 10.1. The van der Waals surface area contributed by atoms with Crippen LogP contribution in [0.5, 0.6) is 0 Å². The highest BCUT2D eigenvalue weighted by Crippen LogP contribution is 2.34. The molecule has 0 aliphatic carbocycles. The number of anilines is 2. The third kappa shape index (κ3) is 5.93. The molecule has 0 spiro atoms. The molecule has 4 rings (SSSR count). The van der Waals surface area contributed by atoms with Gasteiger partial charge in [-0.05, 0) is 66.7 Å². The van der Waals surface area contributed by atoms with E-state index >= 15 is 0 Å². The molecular weight excluding hydrogens is 555 g/mol. The average Bonchev–Trinajstić information content (AvgIpc) is 3.08. The van der Waals surface area contributed by atoms with Crippen molar-refractivity contribution in [1.82, 2.24) is 4.90 Å². The predicted molar refractivity (Wildman–Crippen MR) is 140 cm³/mol. The van der Waals surface area contributed by atoms with E-state index in [0.717, 1.165) is 27.1 Å². The zero-order valence-electron chi connectivity index (χ0n) is 18.8. The van der Waals surface area contributed by atoms with Crippen LogP contribution < -0.4 is 10.2 Å². The van der Waals surface area contributed by atoms with Crippen molar-refractivity contribution >= 4 is 56.4 Å². The maximum Gasteiger partial charge on any atom is 0.416 e. The van der Waals surface area contributed by atoms with Crippen molar-refractivity contribution < 1.29 is 22.8 Å². The average molecular weight is 576 g/mol. The Morgan fingerprint density at radius 2 is 1.69 bits per heavy atom. The molecule has 3 aromatic carbocycles. The highest BCUT2D eigenvalue weighted by Gasteiger charge is 2.44. The van der Waals surface area contributed by atoms with Crippen LogP contribution >= 0.6 is 28.1 Å². The standard InChI is InChI=1S/C26H21BrF3N3O2S/c27-19-9-11-20(12-10-19)31-23(34)16-22-24(35)33(21-8-4-7-18(15-21)26(28,29)30)25(36)32(22)14-13-17-5-2-1-3-6-17/h1-12,15,22H,13-14,16H2,(H,31,34)/t22-/m1/s1. The zero-order chi connectivity index (χ0) is 25.9. The molecule has 1 fully saturated rings. The number of amides is 2.